The van der Waals surface area contributed by atoms with E-state index in [0.717, 1.165) is 29.2 Å². The zero-order valence-electron chi connectivity index (χ0n) is 12.4. The minimum absolute atomic E-state index is 0.417. The van der Waals surface area contributed by atoms with E-state index >= 15 is 0 Å². The van der Waals surface area contributed by atoms with Gasteiger partial charge in [0.05, 0.1) is 18.3 Å². The van der Waals surface area contributed by atoms with Crippen molar-refractivity contribution in [2.45, 2.75) is 32.9 Å². The van der Waals surface area contributed by atoms with E-state index in [1.54, 1.807) is 0 Å². The topological polar surface area (TPSA) is 36.4 Å². The molecule has 1 atom stereocenters. The molecule has 0 aliphatic heterocycles. The molecule has 3 nitrogen and oxygen atoms in total. The molecule has 0 saturated carbocycles. The number of hydrogen-bond donors (Lipinski definition) is 1. The summed E-state index contributed by atoms with van der Waals surface area (Å²) in [4.78, 5) is 6.66. The highest BCUT2D eigenvalue weighted by molar-refractivity contribution is 5.54. The summed E-state index contributed by atoms with van der Waals surface area (Å²) in [6, 6.07) is 14.1. The van der Waals surface area contributed by atoms with Crippen molar-refractivity contribution < 1.29 is 5.11 Å². The number of nitrogens with zero attached hydrogens (tertiary/aromatic N) is 2. The first-order valence-electron chi connectivity index (χ1n) is 7.02. The number of aliphatic hydroxyl groups is 1. The molecule has 1 aromatic heterocycles. The minimum Gasteiger partial charge on any atom is -0.388 e. The van der Waals surface area contributed by atoms with Crippen LogP contribution in [0, 0.1) is 6.92 Å². The molecule has 1 heterocycles. The molecule has 106 valence electrons. The normalized spacial score (nSPS) is 12.2. The van der Waals surface area contributed by atoms with Crippen LogP contribution >= 0.6 is 0 Å². The molecule has 0 aliphatic carbocycles. The number of anilines is 1. The van der Waals surface area contributed by atoms with Gasteiger partial charge in [-0.05, 0) is 31.5 Å². The van der Waals surface area contributed by atoms with Gasteiger partial charge in [-0.15, -0.1) is 0 Å². The number of aliphatic hydroxyl groups excluding tert-OH is 1. The maximum Gasteiger partial charge on any atom is 0.0807 e. The summed E-state index contributed by atoms with van der Waals surface area (Å²) in [6.45, 7) is 4.72. The van der Waals surface area contributed by atoms with E-state index in [2.05, 4.69) is 9.88 Å². The summed E-state index contributed by atoms with van der Waals surface area (Å²) in [5.41, 5.74) is 4.10. The molecule has 0 spiro atoms. The highest BCUT2D eigenvalue weighted by Crippen LogP contribution is 2.28. The number of aryl methyl sites for hydroxylation is 1. The molecule has 2 aromatic rings. The zero-order chi connectivity index (χ0) is 14.5. The van der Waals surface area contributed by atoms with Gasteiger partial charge in [-0.2, -0.15) is 0 Å². The van der Waals surface area contributed by atoms with Gasteiger partial charge in [0.15, 0.2) is 0 Å². The maximum atomic E-state index is 10.1. The number of para-hydroxylation sites is 1. The van der Waals surface area contributed by atoms with E-state index in [0.29, 0.717) is 6.42 Å². The van der Waals surface area contributed by atoms with Crippen molar-refractivity contribution in [2.24, 2.45) is 0 Å². The highest BCUT2D eigenvalue weighted by atomic mass is 16.3. The SMILES string of the molecule is CC[C@@H](O)c1ccccc1N(C)Cc1cccc(C)n1. The average Bonchev–Trinajstić information content (AvgIpc) is 2.46. The number of benzene rings is 1. The first-order chi connectivity index (χ1) is 9.61. The number of pyridine rings is 1. The fourth-order valence-corrected chi connectivity index (χ4v) is 2.35. The molecule has 0 radical (unpaired) electrons. The van der Waals surface area contributed by atoms with Gasteiger partial charge in [-0.3, -0.25) is 4.98 Å². The summed E-state index contributed by atoms with van der Waals surface area (Å²) in [7, 11) is 2.03. The fraction of sp³-hybridized carbons (Fsp3) is 0.353. The fourth-order valence-electron chi connectivity index (χ4n) is 2.35. The van der Waals surface area contributed by atoms with Crippen LogP contribution in [0.5, 0.6) is 0 Å². The molecular weight excluding hydrogens is 248 g/mol. The summed E-state index contributed by atoms with van der Waals surface area (Å²) in [6.07, 6.45) is 0.298. The smallest absolute Gasteiger partial charge is 0.0807 e. The van der Waals surface area contributed by atoms with Crippen molar-refractivity contribution in [3.05, 3.63) is 59.4 Å². The maximum absolute atomic E-state index is 10.1. The second kappa shape index (κ2) is 6.53. The largest absolute Gasteiger partial charge is 0.388 e. The third kappa shape index (κ3) is 3.36. The molecule has 20 heavy (non-hydrogen) atoms. The second-order valence-corrected chi connectivity index (χ2v) is 5.11. The molecule has 0 amide bonds. The molecule has 0 saturated heterocycles. The number of rotatable bonds is 5. The lowest BCUT2D eigenvalue weighted by atomic mass is 10.0. The zero-order valence-corrected chi connectivity index (χ0v) is 12.4. The highest BCUT2D eigenvalue weighted by Gasteiger charge is 2.13. The van der Waals surface area contributed by atoms with Gasteiger partial charge in [-0.1, -0.05) is 31.2 Å². The third-order valence-corrected chi connectivity index (χ3v) is 3.44. The Labute approximate surface area is 120 Å². The van der Waals surface area contributed by atoms with Gasteiger partial charge in [-0.25, -0.2) is 0 Å². The van der Waals surface area contributed by atoms with Crippen LogP contribution in [0.4, 0.5) is 5.69 Å². The predicted molar refractivity (Wildman–Crippen MR) is 82.8 cm³/mol. The number of aromatic nitrogens is 1. The molecule has 1 aromatic carbocycles. The number of hydrogen-bond acceptors (Lipinski definition) is 3. The Kier molecular flexibility index (Phi) is 4.74. The first kappa shape index (κ1) is 14.5. The lowest BCUT2D eigenvalue weighted by Gasteiger charge is -2.24. The Morgan fingerprint density at radius 2 is 1.90 bits per heavy atom. The minimum atomic E-state index is -0.417. The van der Waals surface area contributed by atoms with Crippen LogP contribution < -0.4 is 4.90 Å². The lowest BCUT2D eigenvalue weighted by molar-refractivity contribution is 0.174. The van der Waals surface area contributed by atoms with E-state index < -0.39 is 6.10 Å². The molecule has 0 bridgehead atoms. The predicted octanol–water partition coefficient (Wildman–Crippen LogP) is 3.47. The van der Waals surface area contributed by atoms with Crippen LogP contribution in [0.2, 0.25) is 0 Å². The van der Waals surface area contributed by atoms with Crippen molar-refractivity contribution in [3.8, 4) is 0 Å². The molecule has 0 aliphatic rings. The molecule has 1 N–H and O–H groups in total. The van der Waals surface area contributed by atoms with Gasteiger partial charge in [0.25, 0.3) is 0 Å². The van der Waals surface area contributed by atoms with Crippen LogP contribution in [0.1, 0.15) is 36.4 Å². The van der Waals surface area contributed by atoms with Crippen LogP contribution in [-0.4, -0.2) is 17.1 Å². The van der Waals surface area contributed by atoms with Gasteiger partial charge < -0.3 is 10.0 Å². The lowest BCUT2D eigenvalue weighted by Crippen LogP contribution is -2.19. The first-order valence-corrected chi connectivity index (χ1v) is 7.02. The van der Waals surface area contributed by atoms with Crippen molar-refractivity contribution in [3.63, 3.8) is 0 Å². The van der Waals surface area contributed by atoms with Crippen molar-refractivity contribution >= 4 is 5.69 Å². The Bertz CT molecular complexity index is 568. The van der Waals surface area contributed by atoms with Gasteiger partial charge in [0, 0.05) is 24.0 Å². The molecule has 2 rings (SSSR count). The van der Waals surface area contributed by atoms with E-state index in [4.69, 9.17) is 0 Å². The van der Waals surface area contributed by atoms with Crippen LogP contribution in [0.25, 0.3) is 0 Å². The van der Waals surface area contributed by atoms with Crippen LogP contribution in [-0.2, 0) is 6.54 Å². The van der Waals surface area contributed by atoms with E-state index in [1.165, 1.54) is 0 Å². The Balaban J connectivity index is 2.23. The van der Waals surface area contributed by atoms with Crippen LogP contribution in [0.3, 0.4) is 0 Å². The standard InChI is InChI=1S/C17H22N2O/c1-4-17(20)15-10-5-6-11-16(15)19(3)12-14-9-7-8-13(2)18-14/h5-11,17,20H,4,12H2,1-3H3/t17-/m1/s1. The van der Waals surface area contributed by atoms with Crippen LogP contribution in [0.15, 0.2) is 42.5 Å². The summed E-state index contributed by atoms with van der Waals surface area (Å²) < 4.78 is 0. The quantitative estimate of drug-likeness (QED) is 0.903. The summed E-state index contributed by atoms with van der Waals surface area (Å²) in [5.74, 6) is 0. The van der Waals surface area contributed by atoms with E-state index in [-0.39, 0.29) is 0 Å². The monoisotopic (exact) mass is 270 g/mol. The van der Waals surface area contributed by atoms with Gasteiger partial charge in [0.2, 0.25) is 0 Å². The summed E-state index contributed by atoms with van der Waals surface area (Å²) in [5, 5.41) is 10.1. The average molecular weight is 270 g/mol. The van der Waals surface area contributed by atoms with Crippen molar-refractivity contribution in [1.29, 1.82) is 0 Å². The molecule has 3 heteroatoms. The molecule has 0 unspecified atom stereocenters. The summed E-state index contributed by atoms with van der Waals surface area (Å²) >= 11 is 0. The van der Waals surface area contributed by atoms with Crippen molar-refractivity contribution in [2.75, 3.05) is 11.9 Å². The van der Waals surface area contributed by atoms with E-state index in [1.807, 2.05) is 63.4 Å². The molecular formula is C17H22N2O. The Morgan fingerprint density at radius 1 is 1.15 bits per heavy atom. The Hall–Kier alpha value is -1.87. The van der Waals surface area contributed by atoms with Crippen molar-refractivity contribution in [1.82, 2.24) is 4.98 Å². The second-order valence-electron chi connectivity index (χ2n) is 5.11. The Morgan fingerprint density at radius 3 is 2.60 bits per heavy atom. The molecule has 0 fully saturated rings. The van der Waals surface area contributed by atoms with E-state index in [9.17, 15) is 5.11 Å². The van der Waals surface area contributed by atoms with Gasteiger partial charge >= 0.3 is 0 Å². The van der Waals surface area contributed by atoms with Gasteiger partial charge in [0.1, 0.15) is 0 Å². The third-order valence-electron chi connectivity index (χ3n) is 3.44.